The van der Waals surface area contributed by atoms with Crippen LogP contribution in [0.2, 0.25) is 0 Å². The predicted octanol–water partition coefficient (Wildman–Crippen LogP) is 2.66. The van der Waals surface area contributed by atoms with Crippen molar-refractivity contribution in [3.63, 3.8) is 0 Å². The van der Waals surface area contributed by atoms with Gasteiger partial charge in [-0.2, -0.15) is 11.8 Å². The molecule has 0 spiro atoms. The van der Waals surface area contributed by atoms with E-state index in [2.05, 4.69) is 33.0 Å². The minimum atomic E-state index is -0.0531. The van der Waals surface area contributed by atoms with Crippen LogP contribution in [0.15, 0.2) is 0 Å². The van der Waals surface area contributed by atoms with Gasteiger partial charge in [-0.1, -0.05) is 27.7 Å². The fourth-order valence-corrected chi connectivity index (χ4v) is 2.49. The normalized spacial score (nSPS) is 15.6. The standard InChI is InChI=1S/C12H27NOS/c1-5-12(10-14,13-11(3)4)8-7-9-15-6-2/h11,13-14H,5-10H2,1-4H3. The van der Waals surface area contributed by atoms with Gasteiger partial charge in [0.25, 0.3) is 0 Å². The molecule has 0 aromatic rings. The molecule has 0 aliphatic heterocycles. The minimum absolute atomic E-state index is 0.0531. The Morgan fingerprint density at radius 2 is 2.00 bits per heavy atom. The Hall–Kier alpha value is 0.270. The molecule has 3 heteroatoms. The largest absolute Gasteiger partial charge is 0.394 e. The lowest BCUT2D eigenvalue weighted by atomic mass is 9.91. The molecule has 0 aromatic heterocycles. The van der Waals surface area contributed by atoms with Crippen molar-refractivity contribution in [3.8, 4) is 0 Å². The third kappa shape index (κ3) is 6.44. The summed E-state index contributed by atoms with van der Waals surface area (Å²) in [6.45, 7) is 8.87. The van der Waals surface area contributed by atoms with Gasteiger partial charge in [-0.05, 0) is 30.8 Å². The minimum Gasteiger partial charge on any atom is -0.394 e. The van der Waals surface area contributed by atoms with Gasteiger partial charge < -0.3 is 10.4 Å². The first-order chi connectivity index (χ1) is 7.10. The van der Waals surface area contributed by atoms with Crippen LogP contribution in [0.25, 0.3) is 0 Å². The third-order valence-corrected chi connectivity index (χ3v) is 3.71. The molecule has 2 N–H and O–H groups in total. The Kier molecular flexibility index (Phi) is 8.58. The van der Waals surface area contributed by atoms with Gasteiger partial charge in [0.1, 0.15) is 0 Å². The van der Waals surface area contributed by atoms with Crippen molar-refractivity contribution in [2.24, 2.45) is 0 Å². The van der Waals surface area contributed by atoms with E-state index < -0.39 is 0 Å². The average molecular weight is 233 g/mol. The summed E-state index contributed by atoms with van der Waals surface area (Å²) in [6.07, 6.45) is 3.26. The molecule has 1 unspecified atom stereocenters. The molecule has 0 rings (SSSR count). The molecule has 0 radical (unpaired) electrons. The Morgan fingerprint density at radius 1 is 1.33 bits per heavy atom. The van der Waals surface area contributed by atoms with Crippen molar-refractivity contribution < 1.29 is 5.11 Å². The SMILES string of the molecule is CCSCCCC(CC)(CO)NC(C)C. The third-order valence-electron chi connectivity index (χ3n) is 2.72. The van der Waals surface area contributed by atoms with Crippen LogP contribution in [0.4, 0.5) is 0 Å². The maximum absolute atomic E-state index is 9.51. The zero-order valence-corrected chi connectivity index (χ0v) is 11.5. The second kappa shape index (κ2) is 8.43. The first kappa shape index (κ1) is 15.3. The second-order valence-electron chi connectivity index (χ2n) is 4.39. The van der Waals surface area contributed by atoms with Crippen molar-refractivity contribution in [2.75, 3.05) is 18.1 Å². The molecule has 0 aliphatic rings. The van der Waals surface area contributed by atoms with Crippen molar-refractivity contribution in [1.82, 2.24) is 5.32 Å². The van der Waals surface area contributed by atoms with E-state index >= 15 is 0 Å². The van der Waals surface area contributed by atoms with E-state index in [1.54, 1.807) is 0 Å². The van der Waals surface area contributed by atoms with Gasteiger partial charge in [0.2, 0.25) is 0 Å². The van der Waals surface area contributed by atoms with Crippen LogP contribution >= 0.6 is 11.8 Å². The van der Waals surface area contributed by atoms with Crippen LogP contribution in [-0.2, 0) is 0 Å². The molecular formula is C12H27NOS. The number of aliphatic hydroxyl groups is 1. The van der Waals surface area contributed by atoms with Gasteiger partial charge in [-0.15, -0.1) is 0 Å². The van der Waals surface area contributed by atoms with Gasteiger partial charge >= 0.3 is 0 Å². The predicted molar refractivity (Wildman–Crippen MR) is 70.6 cm³/mol. The summed E-state index contributed by atoms with van der Waals surface area (Å²) in [5, 5.41) is 13.0. The summed E-state index contributed by atoms with van der Waals surface area (Å²) in [6, 6.07) is 0.441. The first-order valence-corrected chi connectivity index (χ1v) is 7.22. The van der Waals surface area contributed by atoms with Crippen molar-refractivity contribution >= 4 is 11.8 Å². The highest BCUT2D eigenvalue weighted by atomic mass is 32.2. The van der Waals surface area contributed by atoms with Gasteiger partial charge in [0.15, 0.2) is 0 Å². The zero-order chi connectivity index (χ0) is 11.7. The Labute approximate surface area is 99.2 Å². The smallest absolute Gasteiger partial charge is 0.0613 e. The molecule has 0 fully saturated rings. The topological polar surface area (TPSA) is 32.3 Å². The number of nitrogens with one attached hydrogen (secondary N) is 1. The van der Waals surface area contributed by atoms with Gasteiger partial charge in [-0.3, -0.25) is 0 Å². The number of hydrogen-bond acceptors (Lipinski definition) is 3. The average Bonchev–Trinajstić information content (AvgIpc) is 2.22. The van der Waals surface area contributed by atoms with Gasteiger partial charge in [-0.25, -0.2) is 0 Å². The lowest BCUT2D eigenvalue weighted by Gasteiger charge is -2.34. The molecule has 0 saturated heterocycles. The van der Waals surface area contributed by atoms with Crippen LogP contribution in [0, 0.1) is 0 Å². The summed E-state index contributed by atoms with van der Waals surface area (Å²) in [5.74, 6) is 2.40. The monoisotopic (exact) mass is 233 g/mol. The molecule has 0 aliphatic carbocycles. The van der Waals surface area contributed by atoms with Crippen molar-refractivity contribution in [3.05, 3.63) is 0 Å². The number of hydrogen-bond donors (Lipinski definition) is 2. The Balaban J connectivity index is 4.00. The molecule has 15 heavy (non-hydrogen) atoms. The van der Waals surface area contributed by atoms with Crippen LogP contribution in [0.5, 0.6) is 0 Å². The van der Waals surface area contributed by atoms with E-state index in [0.717, 1.165) is 12.8 Å². The molecule has 0 heterocycles. The van der Waals surface area contributed by atoms with E-state index in [1.165, 1.54) is 17.9 Å². The first-order valence-electron chi connectivity index (χ1n) is 6.06. The maximum Gasteiger partial charge on any atom is 0.0613 e. The summed E-state index contributed by atoms with van der Waals surface area (Å²) >= 11 is 1.98. The van der Waals surface area contributed by atoms with E-state index in [-0.39, 0.29) is 12.1 Å². The van der Waals surface area contributed by atoms with Crippen LogP contribution in [0.3, 0.4) is 0 Å². The van der Waals surface area contributed by atoms with E-state index in [4.69, 9.17) is 0 Å². The Bertz CT molecular complexity index is 147. The fraction of sp³-hybridized carbons (Fsp3) is 1.00. The molecule has 0 bridgehead atoms. The number of rotatable bonds is 9. The highest BCUT2D eigenvalue weighted by Crippen LogP contribution is 2.19. The highest BCUT2D eigenvalue weighted by molar-refractivity contribution is 7.99. The second-order valence-corrected chi connectivity index (χ2v) is 5.79. The van der Waals surface area contributed by atoms with Crippen LogP contribution in [-0.4, -0.2) is 34.8 Å². The van der Waals surface area contributed by atoms with E-state index in [0.29, 0.717) is 6.04 Å². The fourth-order valence-electron chi connectivity index (χ4n) is 1.86. The molecule has 0 saturated carbocycles. The molecule has 0 aromatic carbocycles. The quantitative estimate of drug-likeness (QED) is 0.601. The maximum atomic E-state index is 9.51. The van der Waals surface area contributed by atoms with E-state index in [1.807, 2.05) is 11.8 Å². The molecule has 2 nitrogen and oxygen atoms in total. The Morgan fingerprint density at radius 3 is 2.40 bits per heavy atom. The van der Waals surface area contributed by atoms with Crippen molar-refractivity contribution in [1.29, 1.82) is 0 Å². The molecule has 0 amide bonds. The van der Waals surface area contributed by atoms with Crippen LogP contribution in [0.1, 0.15) is 47.0 Å². The molecule has 1 atom stereocenters. The summed E-state index contributed by atoms with van der Waals surface area (Å²) in [4.78, 5) is 0. The molecule has 92 valence electrons. The lowest BCUT2D eigenvalue weighted by molar-refractivity contribution is 0.137. The van der Waals surface area contributed by atoms with Crippen LogP contribution < -0.4 is 5.32 Å². The summed E-state index contributed by atoms with van der Waals surface area (Å²) in [7, 11) is 0. The van der Waals surface area contributed by atoms with Gasteiger partial charge in [0, 0.05) is 11.6 Å². The lowest BCUT2D eigenvalue weighted by Crippen LogP contribution is -2.51. The summed E-state index contributed by atoms with van der Waals surface area (Å²) < 4.78 is 0. The highest BCUT2D eigenvalue weighted by Gasteiger charge is 2.26. The zero-order valence-electron chi connectivity index (χ0n) is 10.7. The number of aliphatic hydroxyl groups excluding tert-OH is 1. The summed E-state index contributed by atoms with van der Waals surface area (Å²) in [5.41, 5.74) is -0.0531. The molecular weight excluding hydrogens is 206 g/mol. The van der Waals surface area contributed by atoms with Crippen molar-refractivity contribution in [2.45, 2.75) is 58.5 Å². The van der Waals surface area contributed by atoms with Gasteiger partial charge in [0.05, 0.1) is 6.61 Å². The number of thioether (sulfide) groups is 1. The van der Waals surface area contributed by atoms with E-state index in [9.17, 15) is 5.11 Å².